The summed E-state index contributed by atoms with van der Waals surface area (Å²) in [5.41, 5.74) is 3.14. The molecule has 0 saturated carbocycles. The lowest BCUT2D eigenvalue weighted by atomic mass is 10.0. The van der Waals surface area contributed by atoms with Gasteiger partial charge in [-0.15, -0.1) is 0 Å². The Hall–Kier alpha value is -3.54. The zero-order valence-electron chi connectivity index (χ0n) is 19.7. The van der Waals surface area contributed by atoms with Gasteiger partial charge in [0.25, 0.3) is 0 Å². The number of hydrogen-bond donors (Lipinski definition) is 1. The molecule has 6 heteroatoms. The molecule has 0 atom stereocenters. The minimum atomic E-state index is -0.698. The highest BCUT2D eigenvalue weighted by atomic mass is 19.1. The van der Waals surface area contributed by atoms with Crippen LogP contribution in [0.5, 0.6) is 17.2 Å². The van der Waals surface area contributed by atoms with Crippen LogP contribution in [0, 0.1) is 19.7 Å². The molecule has 5 nitrogen and oxygen atoms in total. The van der Waals surface area contributed by atoms with Crippen molar-refractivity contribution in [2.75, 3.05) is 11.9 Å². The van der Waals surface area contributed by atoms with Crippen molar-refractivity contribution >= 4 is 11.8 Å². The number of carbonyl (C=O) groups excluding carboxylic acids is 1. The van der Waals surface area contributed by atoms with E-state index in [-0.39, 0.29) is 18.2 Å². The van der Waals surface area contributed by atoms with Gasteiger partial charge in [-0.25, -0.2) is 9.18 Å². The number of amides is 1. The number of hydrogen-bond acceptors (Lipinski definition) is 4. The van der Waals surface area contributed by atoms with Gasteiger partial charge in [0, 0.05) is 11.1 Å². The van der Waals surface area contributed by atoms with E-state index >= 15 is 0 Å². The molecule has 0 aliphatic rings. The minimum Gasteiger partial charge on any atom is -0.489 e. The average Bonchev–Trinajstić information content (AvgIpc) is 2.80. The smallest absolute Gasteiger partial charge is 0.411 e. The highest BCUT2D eigenvalue weighted by Crippen LogP contribution is 2.37. The van der Waals surface area contributed by atoms with E-state index in [1.54, 1.807) is 20.8 Å². The second-order valence-corrected chi connectivity index (χ2v) is 8.09. The van der Waals surface area contributed by atoms with E-state index in [4.69, 9.17) is 14.2 Å². The number of aryl methyl sites for hydroxylation is 1. The molecule has 3 rings (SSSR count). The Kier molecular flexibility index (Phi) is 7.93. The molecule has 0 aliphatic carbocycles. The second-order valence-electron chi connectivity index (χ2n) is 8.09. The van der Waals surface area contributed by atoms with E-state index in [2.05, 4.69) is 19.2 Å². The van der Waals surface area contributed by atoms with Crippen LogP contribution in [0.25, 0.3) is 0 Å². The zero-order chi connectivity index (χ0) is 24.0. The van der Waals surface area contributed by atoms with Crippen LogP contribution >= 0.6 is 0 Å². The summed E-state index contributed by atoms with van der Waals surface area (Å²) in [4.78, 5) is 11.7. The van der Waals surface area contributed by atoms with Gasteiger partial charge in [0.1, 0.15) is 23.9 Å². The maximum Gasteiger partial charge on any atom is 0.411 e. The topological polar surface area (TPSA) is 56.8 Å². The van der Waals surface area contributed by atoms with Crippen molar-refractivity contribution in [1.29, 1.82) is 0 Å². The Balaban J connectivity index is 1.83. The molecule has 1 amide bonds. The summed E-state index contributed by atoms with van der Waals surface area (Å²) < 4.78 is 31.9. The lowest BCUT2D eigenvalue weighted by Gasteiger charge is -2.18. The van der Waals surface area contributed by atoms with Crippen molar-refractivity contribution in [1.82, 2.24) is 0 Å². The third kappa shape index (κ3) is 6.04. The summed E-state index contributed by atoms with van der Waals surface area (Å²) in [5.74, 6) is 1.43. The van der Waals surface area contributed by atoms with Crippen molar-refractivity contribution in [3.8, 4) is 17.2 Å². The van der Waals surface area contributed by atoms with Gasteiger partial charge in [0.05, 0.1) is 12.3 Å². The quantitative estimate of drug-likeness (QED) is 0.385. The lowest BCUT2D eigenvalue weighted by Crippen LogP contribution is -2.15. The number of rotatable bonds is 8. The lowest BCUT2D eigenvalue weighted by molar-refractivity contribution is 0.168. The summed E-state index contributed by atoms with van der Waals surface area (Å²) in [6, 6.07) is 17.1. The standard InChI is InChI=1S/C27H30FNO4/c1-6-31-27(30)29-23-14-18(4)26(19(5)25(23)28)33-21-12-13-24(22(15-21)17(2)3)32-16-20-10-8-7-9-11-20/h7-15,17H,6,16H2,1-5H3,(H,29,30). The van der Waals surface area contributed by atoms with Crippen LogP contribution in [0.4, 0.5) is 14.9 Å². The maximum atomic E-state index is 14.9. The van der Waals surface area contributed by atoms with E-state index in [0.29, 0.717) is 29.2 Å². The zero-order valence-corrected chi connectivity index (χ0v) is 19.7. The molecule has 0 aromatic heterocycles. The molecule has 3 aromatic carbocycles. The molecule has 0 radical (unpaired) electrons. The first-order valence-corrected chi connectivity index (χ1v) is 11.0. The normalized spacial score (nSPS) is 10.8. The Bertz CT molecular complexity index is 1110. The molecule has 0 fully saturated rings. The van der Waals surface area contributed by atoms with Crippen LogP contribution in [0.3, 0.4) is 0 Å². The van der Waals surface area contributed by atoms with E-state index in [0.717, 1.165) is 16.9 Å². The van der Waals surface area contributed by atoms with Crippen LogP contribution in [-0.2, 0) is 11.3 Å². The molecule has 0 bridgehead atoms. The van der Waals surface area contributed by atoms with Crippen molar-refractivity contribution in [3.63, 3.8) is 0 Å². The number of carbonyl (C=O) groups is 1. The Morgan fingerprint density at radius 2 is 1.79 bits per heavy atom. The van der Waals surface area contributed by atoms with Crippen LogP contribution in [0.15, 0.2) is 54.6 Å². The maximum absolute atomic E-state index is 14.9. The number of halogens is 1. The van der Waals surface area contributed by atoms with Crippen LogP contribution < -0.4 is 14.8 Å². The monoisotopic (exact) mass is 451 g/mol. The molecule has 33 heavy (non-hydrogen) atoms. The van der Waals surface area contributed by atoms with Gasteiger partial charge in [0.15, 0.2) is 5.82 Å². The van der Waals surface area contributed by atoms with Gasteiger partial charge < -0.3 is 14.2 Å². The van der Waals surface area contributed by atoms with Crippen LogP contribution in [-0.4, -0.2) is 12.7 Å². The van der Waals surface area contributed by atoms with Crippen molar-refractivity contribution in [3.05, 3.63) is 82.7 Å². The number of anilines is 1. The van der Waals surface area contributed by atoms with Crippen molar-refractivity contribution < 1.29 is 23.4 Å². The SMILES string of the molecule is CCOC(=O)Nc1cc(C)c(Oc2ccc(OCc3ccccc3)c(C(C)C)c2)c(C)c1F. The largest absolute Gasteiger partial charge is 0.489 e. The van der Waals surface area contributed by atoms with Crippen LogP contribution in [0.2, 0.25) is 0 Å². The average molecular weight is 452 g/mol. The Labute approximate surface area is 194 Å². The molecule has 0 saturated heterocycles. The minimum absolute atomic E-state index is 0.0586. The summed E-state index contributed by atoms with van der Waals surface area (Å²) in [6.45, 7) is 9.95. The van der Waals surface area contributed by atoms with Gasteiger partial charge in [-0.05, 0) is 62.1 Å². The van der Waals surface area contributed by atoms with E-state index in [1.165, 1.54) is 6.07 Å². The molecule has 3 aromatic rings. The van der Waals surface area contributed by atoms with E-state index in [9.17, 15) is 9.18 Å². The number of benzene rings is 3. The predicted molar refractivity (Wildman–Crippen MR) is 128 cm³/mol. The Morgan fingerprint density at radius 3 is 2.45 bits per heavy atom. The third-order valence-corrected chi connectivity index (χ3v) is 5.20. The van der Waals surface area contributed by atoms with E-state index in [1.807, 2.05) is 48.5 Å². The molecule has 0 aliphatic heterocycles. The summed E-state index contributed by atoms with van der Waals surface area (Å²) in [6.07, 6.45) is -0.698. The fourth-order valence-corrected chi connectivity index (χ4v) is 3.49. The molecular weight excluding hydrogens is 421 g/mol. The summed E-state index contributed by atoms with van der Waals surface area (Å²) in [7, 11) is 0. The molecule has 174 valence electrons. The second kappa shape index (κ2) is 10.9. The first-order valence-electron chi connectivity index (χ1n) is 11.0. The van der Waals surface area contributed by atoms with Gasteiger partial charge in [-0.3, -0.25) is 5.32 Å². The van der Waals surface area contributed by atoms with Gasteiger partial charge in [0.2, 0.25) is 0 Å². The van der Waals surface area contributed by atoms with Gasteiger partial charge in [-0.1, -0.05) is 44.2 Å². The van der Waals surface area contributed by atoms with Crippen LogP contribution in [0.1, 0.15) is 48.9 Å². The fraction of sp³-hybridized carbons (Fsp3) is 0.296. The highest BCUT2D eigenvalue weighted by Gasteiger charge is 2.18. The first-order chi connectivity index (χ1) is 15.8. The predicted octanol–water partition coefficient (Wildman–Crippen LogP) is 7.51. The number of nitrogens with one attached hydrogen (secondary N) is 1. The van der Waals surface area contributed by atoms with Gasteiger partial charge >= 0.3 is 6.09 Å². The molecule has 0 spiro atoms. The van der Waals surface area contributed by atoms with Crippen molar-refractivity contribution in [2.24, 2.45) is 0 Å². The van der Waals surface area contributed by atoms with Crippen molar-refractivity contribution in [2.45, 2.75) is 47.1 Å². The Morgan fingerprint density at radius 1 is 1.06 bits per heavy atom. The van der Waals surface area contributed by atoms with Gasteiger partial charge in [-0.2, -0.15) is 0 Å². The first kappa shape index (κ1) is 24.1. The molecular formula is C27H30FNO4. The summed E-state index contributed by atoms with van der Waals surface area (Å²) in [5, 5.41) is 2.43. The highest BCUT2D eigenvalue weighted by molar-refractivity contribution is 5.85. The molecule has 1 N–H and O–H groups in total. The summed E-state index contributed by atoms with van der Waals surface area (Å²) >= 11 is 0. The number of ether oxygens (including phenoxy) is 3. The molecule has 0 heterocycles. The fourth-order valence-electron chi connectivity index (χ4n) is 3.49. The third-order valence-electron chi connectivity index (χ3n) is 5.20. The molecule has 0 unspecified atom stereocenters. The van der Waals surface area contributed by atoms with E-state index < -0.39 is 11.9 Å².